The van der Waals surface area contributed by atoms with Crippen LogP contribution in [0.15, 0.2) is 48.5 Å². The number of benzene rings is 2. The predicted molar refractivity (Wildman–Crippen MR) is 97.5 cm³/mol. The molecular weight excluding hydrogens is 355 g/mol. The molecule has 0 fully saturated rings. The molecule has 1 aliphatic rings. The third kappa shape index (κ3) is 3.36. The van der Waals surface area contributed by atoms with Crippen LogP contribution in [0.25, 0.3) is 0 Å². The Balaban J connectivity index is 1.46. The quantitative estimate of drug-likeness (QED) is 0.739. The summed E-state index contributed by atoms with van der Waals surface area (Å²) >= 11 is 0.981. The molecule has 0 atom stereocenters. The van der Waals surface area contributed by atoms with Gasteiger partial charge in [-0.15, -0.1) is 4.37 Å². The topological polar surface area (TPSA) is 67.3 Å². The van der Waals surface area contributed by atoms with Crippen molar-refractivity contribution in [1.82, 2.24) is 9.36 Å². The molecule has 0 bridgehead atoms. The van der Waals surface area contributed by atoms with Gasteiger partial charge in [0.15, 0.2) is 11.6 Å². The summed E-state index contributed by atoms with van der Waals surface area (Å²) in [5.74, 6) is -0.467. The van der Waals surface area contributed by atoms with Crippen LogP contribution >= 0.6 is 11.5 Å². The Morgan fingerprint density at radius 1 is 1.19 bits per heavy atom. The number of urea groups is 1. The molecule has 1 aromatic heterocycles. The second kappa shape index (κ2) is 7.09. The fraction of sp³-hybridized carbons (Fsp3) is 0.167. The van der Waals surface area contributed by atoms with Crippen LogP contribution in [0.4, 0.5) is 20.0 Å². The van der Waals surface area contributed by atoms with Gasteiger partial charge in [-0.3, -0.25) is 10.2 Å². The van der Waals surface area contributed by atoms with E-state index in [9.17, 15) is 9.18 Å². The van der Waals surface area contributed by atoms with Crippen LogP contribution in [0.5, 0.6) is 11.8 Å². The van der Waals surface area contributed by atoms with Crippen molar-refractivity contribution in [1.29, 1.82) is 0 Å². The van der Waals surface area contributed by atoms with E-state index >= 15 is 0 Å². The van der Waals surface area contributed by atoms with Gasteiger partial charge in [-0.2, -0.15) is 4.98 Å². The van der Waals surface area contributed by atoms with Crippen LogP contribution in [0.3, 0.4) is 0 Å². The smallest absolute Gasteiger partial charge is 0.335 e. The van der Waals surface area contributed by atoms with Crippen molar-refractivity contribution in [3.63, 3.8) is 0 Å². The molecule has 1 aliphatic heterocycles. The zero-order valence-electron chi connectivity index (χ0n) is 13.7. The first-order valence-electron chi connectivity index (χ1n) is 8.13. The number of fused-ring (bicyclic) bond motifs is 1. The van der Waals surface area contributed by atoms with E-state index in [1.165, 1.54) is 12.1 Å². The molecule has 3 aromatic rings. The van der Waals surface area contributed by atoms with Gasteiger partial charge in [0.25, 0.3) is 0 Å². The lowest BCUT2D eigenvalue weighted by Gasteiger charge is -2.29. The SMILES string of the molecule is O=C(Nc1nc(Oc2ccccc2F)ns1)N1CCCc2ccccc21. The second-order valence-corrected chi connectivity index (χ2v) is 6.48. The molecule has 0 saturated carbocycles. The number of hydrogen-bond donors (Lipinski definition) is 1. The van der Waals surface area contributed by atoms with E-state index in [1.807, 2.05) is 24.3 Å². The number of para-hydroxylation sites is 2. The molecule has 26 heavy (non-hydrogen) atoms. The number of halogens is 1. The minimum atomic E-state index is -0.502. The number of aryl methyl sites for hydroxylation is 1. The summed E-state index contributed by atoms with van der Waals surface area (Å²) in [6.07, 6.45) is 1.86. The summed E-state index contributed by atoms with van der Waals surface area (Å²) in [4.78, 5) is 18.4. The molecule has 0 spiro atoms. The van der Waals surface area contributed by atoms with E-state index in [0.29, 0.717) is 11.7 Å². The number of hydrogen-bond acceptors (Lipinski definition) is 5. The van der Waals surface area contributed by atoms with Gasteiger partial charge in [-0.05, 0) is 36.6 Å². The normalized spacial score (nSPS) is 13.2. The average Bonchev–Trinajstić information content (AvgIpc) is 3.10. The van der Waals surface area contributed by atoms with Gasteiger partial charge in [0, 0.05) is 23.8 Å². The summed E-state index contributed by atoms with van der Waals surface area (Å²) < 4.78 is 22.9. The summed E-state index contributed by atoms with van der Waals surface area (Å²) in [5.41, 5.74) is 2.05. The molecule has 0 saturated heterocycles. The summed E-state index contributed by atoms with van der Waals surface area (Å²) in [5, 5.41) is 3.03. The molecule has 6 nitrogen and oxygen atoms in total. The number of nitrogens with zero attached hydrogens (tertiary/aromatic N) is 3. The van der Waals surface area contributed by atoms with Gasteiger partial charge >= 0.3 is 12.0 Å². The zero-order valence-corrected chi connectivity index (χ0v) is 14.5. The average molecular weight is 370 g/mol. The Bertz CT molecular complexity index is 946. The van der Waals surface area contributed by atoms with E-state index in [4.69, 9.17) is 4.74 Å². The fourth-order valence-electron chi connectivity index (χ4n) is 2.83. The van der Waals surface area contributed by atoms with E-state index in [1.54, 1.807) is 17.0 Å². The van der Waals surface area contributed by atoms with Crippen LogP contribution < -0.4 is 15.0 Å². The number of carbonyl (C=O) groups is 1. The Labute approximate surface area is 153 Å². The van der Waals surface area contributed by atoms with Crippen LogP contribution in [0, 0.1) is 5.82 Å². The van der Waals surface area contributed by atoms with Crippen LogP contribution in [0.1, 0.15) is 12.0 Å². The van der Waals surface area contributed by atoms with Gasteiger partial charge in [0.2, 0.25) is 5.13 Å². The summed E-state index contributed by atoms with van der Waals surface area (Å²) in [6.45, 7) is 0.639. The van der Waals surface area contributed by atoms with Crippen molar-refractivity contribution < 1.29 is 13.9 Å². The maximum Gasteiger partial charge on any atom is 0.335 e. The van der Waals surface area contributed by atoms with E-state index in [2.05, 4.69) is 14.7 Å². The Morgan fingerprint density at radius 2 is 2.00 bits per heavy atom. The highest BCUT2D eigenvalue weighted by molar-refractivity contribution is 7.10. The number of ether oxygens (including phenoxy) is 1. The van der Waals surface area contributed by atoms with Gasteiger partial charge in [-0.25, -0.2) is 9.18 Å². The molecule has 4 rings (SSSR count). The minimum absolute atomic E-state index is 0.00514. The summed E-state index contributed by atoms with van der Waals surface area (Å²) in [6, 6.07) is 13.6. The molecule has 0 unspecified atom stereocenters. The highest BCUT2D eigenvalue weighted by Gasteiger charge is 2.23. The number of anilines is 2. The third-order valence-electron chi connectivity index (χ3n) is 4.01. The highest BCUT2D eigenvalue weighted by atomic mass is 32.1. The van der Waals surface area contributed by atoms with Gasteiger partial charge < -0.3 is 4.74 Å². The summed E-state index contributed by atoms with van der Waals surface area (Å²) in [7, 11) is 0. The van der Waals surface area contributed by atoms with Crippen molar-refractivity contribution in [3.8, 4) is 11.8 Å². The van der Waals surface area contributed by atoms with Crippen molar-refractivity contribution in [2.45, 2.75) is 12.8 Å². The lowest BCUT2D eigenvalue weighted by molar-refractivity contribution is 0.256. The number of amides is 2. The maximum absolute atomic E-state index is 13.6. The first-order chi connectivity index (χ1) is 12.7. The van der Waals surface area contributed by atoms with Gasteiger partial charge in [0.05, 0.1) is 0 Å². The molecular formula is C18H15FN4O2S. The molecule has 132 valence electrons. The van der Waals surface area contributed by atoms with Crippen molar-refractivity contribution in [2.24, 2.45) is 0 Å². The molecule has 2 aromatic carbocycles. The molecule has 0 radical (unpaired) electrons. The van der Waals surface area contributed by atoms with E-state index in [-0.39, 0.29) is 17.8 Å². The van der Waals surface area contributed by atoms with Crippen LogP contribution in [-0.2, 0) is 6.42 Å². The molecule has 2 heterocycles. The fourth-order valence-corrected chi connectivity index (χ4v) is 3.33. The number of carbonyl (C=O) groups excluding carboxylic acids is 1. The largest absolute Gasteiger partial charge is 0.420 e. The number of nitrogens with one attached hydrogen (secondary N) is 1. The minimum Gasteiger partial charge on any atom is -0.420 e. The zero-order chi connectivity index (χ0) is 17.9. The van der Waals surface area contributed by atoms with Crippen molar-refractivity contribution in [3.05, 3.63) is 59.9 Å². The number of rotatable bonds is 3. The van der Waals surface area contributed by atoms with Crippen LogP contribution in [0.2, 0.25) is 0 Å². The third-order valence-corrected chi connectivity index (χ3v) is 4.63. The second-order valence-electron chi connectivity index (χ2n) is 5.73. The predicted octanol–water partition coefficient (Wildman–Crippen LogP) is 4.45. The first-order valence-corrected chi connectivity index (χ1v) is 8.90. The maximum atomic E-state index is 13.6. The molecule has 2 amide bonds. The van der Waals surface area contributed by atoms with Crippen molar-refractivity contribution >= 4 is 28.4 Å². The highest BCUT2D eigenvalue weighted by Crippen LogP contribution is 2.28. The Hall–Kier alpha value is -3.00. The monoisotopic (exact) mass is 370 g/mol. The Morgan fingerprint density at radius 3 is 2.88 bits per heavy atom. The lowest BCUT2D eigenvalue weighted by Crippen LogP contribution is -2.38. The first kappa shape index (κ1) is 16.5. The molecule has 1 N–H and O–H groups in total. The molecule has 0 aliphatic carbocycles. The van der Waals surface area contributed by atoms with Crippen molar-refractivity contribution in [2.75, 3.05) is 16.8 Å². The number of aromatic nitrogens is 2. The van der Waals surface area contributed by atoms with E-state index < -0.39 is 5.82 Å². The lowest BCUT2D eigenvalue weighted by atomic mass is 10.0. The van der Waals surface area contributed by atoms with Gasteiger partial charge in [0.1, 0.15) is 0 Å². The molecule has 8 heteroatoms. The van der Waals surface area contributed by atoms with E-state index in [0.717, 1.165) is 35.6 Å². The van der Waals surface area contributed by atoms with Crippen LogP contribution in [-0.4, -0.2) is 21.9 Å². The standard InChI is InChI=1S/C18H15FN4O2S/c19-13-8-2-4-10-15(13)25-16-20-17(26-22-16)21-18(24)23-11-5-7-12-6-1-3-9-14(12)23/h1-4,6,8-10H,5,7,11H2,(H,20,21,22,24). The Kier molecular flexibility index (Phi) is 4.49. The van der Waals surface area contributed by atoms with Gasteiger partial charge in [-0.1, -0.05) is 30.3 Å².